The highest BCUT2D eigenvalue weighted by Gasteiger charge is 2.02. The first-order valence-electron chi connectivity index (χ1n) is 6.88. The highest BCUT2D eigenvalue weighted by molar-refractivity contribution is 5.50. The van der Waals surface area contributed by atoms with Gasteiger partial charge in [0, 0.05) is 31.0 Å². The van der Waals surface area contributed by atoms with E-state index in [0.29, 0.717) is 0 Å². The van der Waals surface area contributed by atoms with Gasteiger partial charge in [0.1, 0.15) is 5.75 Å². The van der Waals surface area contributed by atoms with Gasteiger partial charge < -0.3 is 15.4 Å². The monoisotopic (exact) mass is 270 g/mol. The Morgan fingerprint density at radius 2 is 1.85 bits per heavy atom. The molecule has 2 aromatic carbocycles. The summed E-state index contributed by atoms with van der Waals surface area (Å²) in [7, 11) is 3.80. The van der Waals surface area contributed by atoms with E-state index in [9.17, 15) is 0 Å². The van der Waals surface area contributed by atoms with Crippen LogP contribution in [0.1, 0.15) is 12.0 Å². The number of hydrogen-bond donors (Lipinski definition) is 1. The Labute approximate surface area is 121 Å². The summed E-state index contributed by atoms with van der Waals surface area (Å²) in [6.07, 6.45) is 2.17. The van der Waals surface area contributed by atoms with Crippen LogP contribution in [0.4, 0.5) is 11.4 Å². The zero-order chi connectivity index (χ0) is 14.4. The van der Waals surface area contributed by atoms with Crippen LogP contribution in [0.5, 0.6) is 5.75 Å². The van der Waals surface area contributed by atoms with Crippen LogP contribution in [0.2, 0.25) is 0 Å². The van der Waals surface area contributed by atoms with Gasteiger partial charge in [-0.3, -0.25) is 0 Å². The molecule has 2 aromatic rings. The fourth-order valence-electron chi connectivity index (χ4n) is 2.18. The van der Waals surface area contributed by atoms with Gasteiger partial charge >= 0.3 is 0 Å². The van der Waals surface area contributed by atoms with Crippen molar-refractivity contribution in [3.63, 3.8) is 0 Å². The minimum Gasteiger partial charge on any atom is -0.497 e. The molecule has 0 aliphatic carbocycles. The quantitative estimate of drug-likeness (QED) is 0.818. The number of aryl methyl sites for hydroxylation is 1. The first-order valence-corrected chi connectivity index (χ1v) is 6.88. The zero-order valence-corrected chi connectivity index (χ0v) is 12.2. The fourth-order valence-corrected chi connectivity index (χ4v) is 2.18. The smallest absolute Gasteiger partial charge is 0.120 e. The lowest BCUT2D eigenvalue weighted by Crippen LogP contribution is -2.18. The minimum atomic E-state index is 0.822. The molecule has 0 aliphatic heterocycles. The molecule has 0 saturated carbocycles. The number of benzene rings is 2. The Kier molecular flexibility index (Phi) is 4.88. The molecule has 0 bridgehead atoms. The molecule has 0 aromatic heterocycles. The summed E-state index contributed by atoms with van der Waals surface area (Å²) in [5.41, 5.74) is 9.02. The second kappa shape index (κ2) is 6.85. The molecule has 0 saturated heterocycles. The number of hydrogen-bond acceptors (Lipinski definition) is 3. The van der Waals surface area contributed by atoms with Crippen LogP contribution in [-0.2, 0) is 6.42 Å². The average molecular weight is 270 g/mol. The lowest BCUT2D eigenvalue weighted by Gasteiger charge is -2.19. The predicted octanol–water partition coefficient (Wildman–Crippen LogP) is 3.35. The summed E-state index contributed by atoms with van der Waals surface area (Å²) in [4.78, 5) is 2.25. The van der Waals surface area contributed by atoms with E-state index in [4.69, 9.17) is 10.5 Å². The Morgan fingerprint density at radius 3 is 2.55 bits per heavy atom. The third-order valence-electron chi connectivity index (χ3n) is 3.43. The molecule has 0 aliphatic rings. The van der Waals surface area contributed by atoms with E-state index in [1.54, 1.807) is 7.11 Å². The molecule has 0 spiro atoms. The van der Waals surface area contributed by atoms with E-state index in [-0.39, 0.29) is 0 Å². The average Bonchev–Trinajstić information content (AvgIpc) is 2.49. The molecule has 0 heterocycles. The fraction of sp³-hybridized carbons (Fsp3) is 0.294. The van der Waals surface area contributed by atoms with E-state index in [1.807, 2.05) is 24.3 Å². The molecule has 0 fully saturated rings. The molecule has 106 valence electrons. The highest BCUT2D eigenvalue weighted by Crippen LogP contribution is 2.20. The molecule has 3 heteroatoms. The molecule has 0 radical (unpaired) electrons. The van der Waals surface area contributed by atoms with Crippen LogP contribution < -0.4 is 15.4 Å². The largest absolute Gasteiger partial charge is 0.497 e. The van der Waals surface area contributed by atoms with Crippen molar-refractivity contribution in [2.75, 3.05) is 31.3 Å². The van der Waals surface area contributed by atoms with Gasteiger partial charge in [-0.25, -0.2) is 0 Å². The van der Waals surface area contributed by atoms with Crippen molar-refractivity contribution in [2.24, 2.45) is 0 Å². The molecule has 20 heavy (non-hydrogen) atoms. The second-order valence-corrected chi connectivity index (χ2v) is 4.97. The van der Waals surface area contributed by atoms with Crippen LogP contribution >= 0.6 is 0 Å². The van der Waals surface area contributed by atoms with E-state index in [1.165, 1.54) is 11.3 Å². The molecule has 0 atom stereocenters. The summed E-state index contributed by atoms with van der Waals surface area (Å²) in [5.74, 6) is 0.896. The lowest BCUT2D eigenvalue weighted by atomic mass is 10.1. The molecular weight excluding hydrogens is 248 g/mol. The Morgan fingerprint density at radius 1 is 1.10 bits per heavy atom. The summed E-state index contributed by atoms with van der Waals surface area (Å²) in [6.45, 7) is 1.01. The van der Waals surface area contributed by atoms with Crippen molar-refractivity contribution in [1.82, 2.24) is 0 Å². The zero-order valence-electron chi connectivity index (χ0n) is 12.2. The normalized spacial score (nSPS) is 10.3. The predicted molar refractivity (Wildman–Crippen MR) is 85.4 cm³/mol. The van der Waals surface area contributed by atoms with E-state index >= 15 is 0 Å². The number of nitrogen functional groups attached to an aromatic ring is 1. The van der Waals surface area contributed by atoms with Gasteiger partial charge in [-0.1, -0.05) is 18.2 Å². The van der Waals surface area contributed by atoms with Gasteiger partial charge in [-0.15, -0.1) is 0 Å². The van der Waals surface area contributed by atoms with Crippen molar-refractivity contribution in [1.29, 1.82) is 0 Å². The minimum absolute atomic E-state index is 0.822. The maximum atomic E-state index is 5.69. The van der Waals surface area contributed by atoms with Crippen molar-refractivity contribution in [3.05, 3.63) is 54.1 Å². The van der Waals surface area contributed by atoms with Gasteiger partial charge in [-0.05, 0) is 42.7 Å². The summed E-state index contributed by atoms with van der Waals surface area (Å²) in [6, 6.07) is 16.3. The third-order valence-corrected chi connectivity index (χ3v) is 3.43. The van der Waals surface area contributed by atoms with Crippen molar-refractivity contribution in [2.45, 2.75) is 12.8 Å². The van der Waals surface area contributed by atoms with Gasteiger partial charge in [0.15, 0.2) is 0 Å². The molecule has 2 rings (SSSR count). The summed E-state index contributed by atoms with van der Waals surface area (Å²) < 4.78 is 5.25. The van der Waals surface area contributed by atoms with Crippen molar-refractivity contribution < 1.29 is 4.74 Å². The Balaban J connectivity index is 1.85. The van der Waals surface area contributed by atoms with E-state index in [2.05, 4.69) is 36.2 Å². The topological polar surface area (TPSA) is 38.5 Å². The van der Waals surface area contributed by atoms with Gasteiger partial charge in [-0.2, -0.15) is 0 Å². The lowest BCUT2D eigenvalue weighted by molar-refractivity contribution is 0.415. The molecule has 2 N–H and O–H groups in total. The number of ether oxygens (including phenoxy) is 1. The second-order valence-electron chi connectivity index (χ2n) is 4.97. The molecule has 3 nitrogen and oxygen atoms in total. The maximum absolute atomic E-state index is 5.69. The highest BCUT2D eigenvalue weighted by atomic mass is 16.5. The Hall–Kier alpha value is -2.16. The van der Waals surface area contributed by atoms with Gasteiger partial charge in [0.25, 0.3) is 0 Å². The number of rotatable bonds is 6. The van der Waals surface area contributed by atoms with Crippen LogP contribution in [0, 0.1) is 0 Å². The van der Waals surface area contributed by atoms with Crippen LogP contribution in [0.3, 0.4) is 0 Å². The standard InChI is InChI=1S/C17H22N2O/c1-19(16-6-3-7-17(13-16)20-2)12-4-5-14-8-10-15(18)11-9-14/h3,6-11,13H,4-5,12,18H2,1-2H3. The van der Waals surface area contributed by atoms with Crippen LogP contribution in [0.15, 0.2) is 48.5 Å². The SMILES string of the molecule is COc1cccc(N(C)CCCc2ccc(N)cc2)c1. The van der Waals surface area contributed by atoms with Gasteiger partial charge in [0.05, 0.1) is 7.11 Å². The van der Waals surface area contributed by atoms with E-state index in [0.717, 1.165) is 30.8 Å². The summed E-state index contributed by atoms with van der Waals surface area (Å²) >= 11 is 0. The summed E-state index contributed by atoms with van der Waals surface area (Å²) in [5, 5.41) is 0. The number of methoxy groups -OCH3 is 1. The first-order chi connectivity index (χ1) is 9.69. The maximum Gasteiger partial charge on any atom is 0.120 e. The van der Waals surface area contributed by atoms with E-state index < -0.39 is 0 Å². The first kappa shape index (κ1) is 14.3. The number of nitrogens with two attached hydrogens (primary N) is 1. The van der Waals surface area contributed by atoms with Crippen LogP contribution in [0.25, 0.3) is 0 Å². The van der Waals surface area contributed by atoms with Crippen LogP contribution in [-0.4, -0.2) is 20.7 Å². The van der Waals surface area contributed by atoms with Crippen molar-refractivity contribution >= 4 is 11.4 Å². The third kappa shape index (κ3) is 3.92. The molecule has 0 amide bonds. The Bertz CT molecular complexity index is 537. The van der Waals surface area contributed by atoms with Gasteiger partial charge in [0.2, 0.25) is 0 Å². The molecular formula is C17H22N2O. The molecule has 0 unspecified atom stereocenters. The number of nitrogens with zero attached hydrogens (tertiary/aromatic N) is 1. The number of anilines is 2. The van der Waals surface area contributed by atoms with Crippen molar-refractivity contribution in [3.8, 4) is 5.75 Å².